The smallest absolute Gasteiger partial charge is 0.247 e. The van der Waals surface area contributed by atoms with Gasteiger partial charge in [0.15, 0.2) is 0 Å². The molecule has 0 radical (unpaired) electrons. The number of anilines is 9. The Hall–Kier alpha value is -9.90. The van der Waals surface area contributed by atoms with Crippen LogP contribution in [0.1, 0.15) is 55.6 Å². The molecule has 0 atom stereocenters. The Kier molecular flexibility index (Phi) is 11.2. The third-order valence-corrected chi connectivity index (χ3v) is 17.5. The minimum Gasteiger partial charge on any atom is -0.312 e. The average molecular weight is 1020 g/mol. The van der Waals surface area contributed by atoms with Crippen molar-refractivity contribution in [3.8, 4) is 0 Å². The van der Waals surface area contributed by atoms with Gasteiger partial charge in [-0.05, 0) is 142 Å². The highest BCUT2D eigenvalue weighted by molar-refractivity contribution is 6.98. The highest BCUT2D eigenvalue weighted by Gasteiger charge is 2.48. The summed E-state index contributed by atoms with van der Waals surface area (Å²) >= 11 is 0. The van der Waals surface area contributed by atoms with Crippen LogP contribution >= 0.6 is 0 Å². The first-order valence-corrected chi connectivity index (χ1v) is 28.0. The number of fused-ring (bicyclic) bond motifs is 6. The van der Waals surface area contributed by atoms with Gasteiger partial charge in [-0.3, -0.25) is 0 Å². The number of hydrogen-bond acceptors (Lipinski definition) is 3. The molecule has 15 rings (SSSR count). The van der Waals surface area contributed by atoms with E-state index in [1.807, 2.05) is 0 Å². The second-order valence-corrected chi connectivity index (χ2v) is 21.6. The van der Waals surface area contributed by atoms with Crippen molar-refractivity contribution in [1.29, 1.82) is 0 Å². The zero-order valence-electron chi connectivity index (χ0n) is 44.8. The van der Waals surface area contributed by atoms with E-state index in [1.54, 1.807) is 0 Å². The largest absolute Gasteiger partial charge is 0.312 e. The molecule has 0 unspecified atom stereocenters. The van der Waals surface area contributed by atoms with Gasteiger partial charge >= 0.3 is 0 Å². The first kappa shape index (κ1) is 47.3. The molecule has 4 heteroatoms. The predicted octanol–water partition coefficient (Wildman–Crippen LogP) is 16.9. The molecule has 3 heterocycles. The summed E-state index contributed by atoms with van der Waals surface area (Å²) in [7, 11) is 0. The molecule has 80 heavy (non-hydrogen) atoms. The standard InChI is InChI=1S/C76H56BN3/c1-53-51-61(80-70-43-23-17-37-64(70)76(57-31-11-5-12-32-57,58-33-13-6-14-34-58)65-38-18-24-44-71(65)80)52-54(2)74(53)77-66-39-19-25-45-72(66)79(73-46-26-20-40-67(73)77)60-49-47-59(48-50-60)78-68-41-21-15-35-62(68)75(55-27-7-3-8-28-55,56-29-9-4-10-30-56)63-36-16-22-42-69(63)78/h3-52H,1-2H3. The Labute approximate surface area is 470 Å². The highest BCUT2D eigenvalue weighted by atomic mass is 15.2. The first-order chi connectivity index (χ1) is 39.6. The Morgan fingerprint density at radius 1 is 0.250 bits per heavy atom. The topological polar surface area (TPSA) is 9.72 Å². The molecule has 0 spiro atoms. The lowest BCUT2D eigenvalue weighted by Gasteiger charge is -2.46. The molecule has 0 aliphatic carbocycles. The molecular formula is C76H56BN3. The summed E-state index contributed by atoms with van der Waals surface area (Å²) < 4.78 is 0. The van der Waals surface area contributed by atoms with E-state index in [1.165, 1.54) is 106 Å². The van der Waals surface area contributed by atoms with Crippen LogP contribution < -0.4 is 31.1 Å². The van der Waals surface area contributed by atoms with Gasteiger partial charge in [-0.2, -0.15) is 0 Å². The molecule has 12 aromatic carbocycles. The van der Waals surface area contributed by atoms with Gasteiger partial charge in [0, 0.05) is 28.4 Å². The zero-order valence-corrected chi connectivity index (χ0v) is 44.8. The van der Waals surface area contributed by atoms with Gasteiger partial charge in [-0.1, -0.05) is 247 Å². The number of benzene rings is 12. The van der Waals surface area contributed by atoms with Crippen LogP contribution in [0.4, 0.5) is 51.2 Å². The molecule has 12 aromatic rings. The van der Waals surface area contributed by atoms with Gasteiger partial charge in [0.2, 0.25) is 6.71 Å². The van der Waals surface area contributed by atoms with Crippen molar-refractivity contribution >= 4 is 74.3 Å². The Bertz CT molecular complexity index is 4040. The second-order valence-electron chi connectivity index (χ2n) is 21.6. The van der Waals surface area contributed by atoms with Crippen molar-refractivity contribution in [2.24, 2.45) is 0 Å². The Morgan fingerprint density at radius 2 is 0.500 bits per heavy atom. The van der Waals surface area contributed by atoms with Crippen molar-refractivity contribution in [2.45, 2.75) is 24.7 Å². The van der Waals surface area contributed by atoms with E-state index in [0.29, 0.717) is 0 Å². The fourth-order valence-electron chi connectivity index (χ4n) is 14.4. The number of rotatable bonds is 8. The molecule has 3 aliphatic rings. The molecule has 0 saturated heterocycles. The summed E-state index contributed by atoms with van der Waals surface area (Å²) in [6.07, 6.45) is 0. The SMILES string of the molecule is Cc1cc(N2c3ccccc3C(c3ccccc3)(c3ccccc3)c3ccccc32)cc(C)c1B1c2ccccc2N(c2ccc(N3c4ccccc4C(c4ccccc4)(c4ccccc4)c4ccccc43)cc2)c2ccccc21. The molecule has 0 fully saturated rings. The summed E-state index contributed by atoms with van der Waals surface area (Å²) in [6.45, 7) is 4.65. The summed E-state index contributed by atoms with van der Waals surface area (Å²) in [5.74, 6) is 0. The summed E-state index contributed by atoms with van der Waals surface area (Å²) in [6, 6.07) is 113. The van der Waals surface area contributed by atoms with Gasteiger partial charge < -0.3 is 14.7 Å². The minimum absolute atomic E-state index is 0.00700. The lowest BCUT2D eigenvalue weighted by Crippen LogP contribution is -2.58. The third-order valence-electron chi connectivity index (χ3n) is 17.5. The van der Waals surface area contributed by atoms with E-state index in [0.717, 1.165) is 17.1 Å². The van der Waals surface area contributed by atoms with Gasteiger partial charge in [-0.15, -0.1) is 0 Å². The maximum atomic E-state index is 2.51. The van der Waals surface area contributed by atoms with E-state index in [4.69, 9.17) is 0 Å². The van der Waals surface area contributed by atoms with Gasteiger partial charge in [0.1, 0.15) is 0 Å². The molecule has 378 valence electrons. The van der Waals surface area contributed by atoms with Gasteiger partial charge in [0.25, 0.3) is 0 Å². The quantitative estimate of drug-likeness (QED) is 0.140. The maximum absolute atomic E-state index is 2.51. The number of hydrogen-bond donors (Lipinski definition) is 0. The van der Waals surface area contributed by atoms with Crippen LogP contribution in [0.15, 0.2) is 303 Å². The molecule has 3 aliphatic heterocycles. The molecular weight excluding hydrogens is 966 g/mol. The Morgan fingerprint density at radius 3 is 0.825 bits per heavy atom. The summed E-state index contributed by atoms with van der Waals surface area (Å²) in [4.78, 5) is 7.45. The van der Waals surface area contributed by atoms with Crippen molar-refractivity contribution in [3.05, 3.63) is 359 Å². The van der Waals surface area contributed by atoms with Gasteiger partial charge in [0.05, 0.1) is 33.6 Å². The number of aryl methyl sites for hydroxylation is 2. The molecule has 0 saturated carbocycles. The summed E-state index contributed by atoms with van der Waals surface area (Å²) in [5.41, 5.74) is 25.9. The van der Waals surface area contributed by atoms with Crippen molar-refractivity contribution in [1.82, 2.24) is 0 Å². The summed E-state index contributed by atoms with van der Waals surface area (Å²) in [5, 5.41) is 0. The lowest BCUT2D eigenvalue weighted by atomic mass is 9.34. The Balaban J connectivity index is 0.829. The average Bonchev–Trinajstić information content (AvgIpc) is 3.71. The number of para-hydroxylation sites is 6. The van der Waals surface area contributed by atoms with Crippen molar-refractivity contribution in [2.75, 3.05) is 14.7 Å². The van der Waals surface area contributed by atoms with Crippen LogP contribution in [0.25, 0.3) is 0 Å². The van der Waals surface area contributed by atoms with Crippen LogP contribution in [-0.2, 0) is 10.8 Å². The molecule has 0 N–H and O–H groups in total. The third kappa shape index (κ3) is 6.95. The molecule has 0 amide bonds. The van der Waals surface area contributed by atoms with Crippen molar-refractivity contribution in [3.63, 3.8) is 0 Å². The molecule has 0 bridgehead atoms. The van der Waals surface area contributed by atoms with E-state index in [2.05, 4.69) is 332 Å². The van der Waals surface area contributed by atoms with Crippen LogP contribution in [0.2, 0.25) is 0 Å². The maximum Gasteiger partial charge on any atom is 0.247 e. The van der Waals surface area contributed by atoms with E-state index in [-0.39, 0.29) is 6.71 Å². The van der Waals surface area contributed by atoms with Crippen LogP contribution in [0.5, 0.6) is 0 Å². The van der Waals surface area contributed by atoms with E-state index in [9.17, 15) is 0 Å². The molecule has 3 nitrogen and oxygen atoms in total. The van der Waals surface area contributed by atoms with E-state index < -0.39 is 10.8 Å². The van der Waals surface area contributed by atoms with Crippen LogP contribution in [-0.4, -0.2) is 6.71 Å². The number of nitrogens with zero attached hydrogens (tertiary/aromatic N) is 3. The zero-order chi connectivity index (χ0) is 53.4. The fourth-order valence-corrected chi connectivity index (χ4v) is 14.4. The fraction of sp³-hybridized carbons (Fsp3) is 0.0526. The normalized spacial score (nSPS) is 14.2. The molecule has 0 aromatic heterocycles. The van der Waals surface area contributed by atoms with Crippen LogP contribution in [0.3, 0.4) is 0 Å². The first-order valence-electron chi connectivity index (χ1n) is 28.0. The minimum atomic E-state index is -0.527. The second kappa shape index (κ2) is 18.9. The van der Waals surface area contributed by atoms with Crippen LogP contribution in [0, 0.1) is 13.8 Å². The lowest BCUT2D eigenvalue weighted by molar-refractivity contribution is 0.731. The van der Waals surface area contributed by atoms with Gasteiger partial charge in [-0.25, -0.2) is 0 Å². The van der Waals surface area contributed by atoms with E-state index >= 15 is 0 Å². The monoisotopic (exact) mass is 1020 g/mol. The predicted molar refractivity (Wildman–Crippen MR) is 335 cm³/mol. The highest BCUT2D eigenvalue weighted by Crippen LogP contribution is 2.59. The van der Waals surface area contributed by atoms with Crippen molar-refractivity contribution < 1.29 is 0 Å².